The third-order valence-electron chi connectivity index (χ3n) is 3.66. The van der Waals surface area contributed by atoms with Crippen LogP contribution in [0.15, 0.2) is 0 Å². The van der Waals surface area contributed by atoms with Gasteiger partial charge in [-0.3, -0.25) is 4.79 Å². The minimum Gasteiger partial charge on any atom is -0.465 e. The van der Waals surface area contributed by atoms with Gasteiger partial charge in [0.15, 0.2) is 0 Å². The summed E-state index contributed by atoms with van der Waals surface area (Å²) in [7, 11) is 0. The molecule has 2 atom stereocenters. The highest BCUT2D eigenvalue weighted by Crippen LogP contribution is 2.26. The summed E-state index contributed by atoms with van der Waals surface area (Å²) in [4.78, 5) is 12.1. The second kappa shape index (κ2) is 7.85. The van der Waals surface area contributed by atoms with Gasteiger partial charge in [-0.15, -0.1) is 0 Å². The Morgan fingerprint density at radius 2 is 2.11 bits per heavy atom. The van der Waals surface area contributed by atoms with Gasteiger partial charge in [0.1, 0.15) is 5.54 Å². The van der Waals surface area contributed by atoms with Gasteiger partial charge in [0.25, 0.3) is 0 Å². The van der Waals surface area contributed by atoms with E-state index in [1.807, 2.05) is 20.8 Å². The van der Waals surface area contributed by atoms with Crippen LogP contribution in [0.1, 0.15) is 59.8 Å². The molecule has 1 aliphatic carbocycles. The Morgan fingerprint density at radius 3 is 2.58 bits per heavy atom. The van der Waals surface area contributed by atoms with Crippen molar-refractivity contribution >= 4 is 5.97 Å². The summed E-state index contributed by atoms with van der Waals surface area (Å²) in [6.07, 6.45) is 5.69. The van der Waals surface area contributed by atoms with E-state index >= 15 is 0 Å². The van der Waals surface area contributed by atoms with Crippen LogP contribution >= 0.6 is 0 Å². The first-order valence-electron chi connectivity index (χ1n) is 7.59. The first kappa shape index (κ1) is 16.4. The van der Waals surface area contributed by atoms with Gasteiger partial charge < -0.3 is 14.8 Å². The molecule has 1 fully saturated rings. The molecule has 0 heterocycles. The number of esters is 1. The molecule has 112 valence electrons. The lowest BCUT2D eigenvalue weighted by atomic mass is 9.92. The fourth-order valence-electron chi connectivity index (χ4n) is 2.38. The van der Waals surface area contributed by atoms with E-state index < -0.39 is 5.54 Å². The fraction of sp³-hybridized carbons (Fsp3) is 0.933. The van der Waals surface area contributed by atoms with Crippen LogP contribution in [0.4, 0.5) is 0 Å². The van der Waals surface area contributed by atoms with E-state index in [1.165, 1.54) is 6.42 Å². The highest BCUT2D eigenvalue weighted by atomic mass is 16.5. The summed E-state index contributed by atoms with van der Waals surface area (Å²) in [5.41, 5.74) is -0.644. The van der Waals surface area contributed by atoms with Crippen LogP contribution in [0, 0.1) is 0 Å². The summed E-state index contributed by atoms with van der Waals surface area (Å²) in [5.74, 6) is -0.174. The summed E-state index contributed by atoms with van der Waals surface area (Å²) in [6, 6.07) is 0. The number of hydrogen-bond donors (Lipinski definition) is 1. The lowest BCUT2D eigenvalue weighted by molar-refractivity contribution is -0.153. The minimum atomic E-state index is -0.644. The van der Waals surface area contributed by atoms with Crippen molar-refractivity contribution in [1.82, 2.24) is 5.32 Å². The van der Waals surface area contributed by atoms with Crippen molar-refractivity contribution < 1.29 is 14.3 Å². The molecule has 19 heavy (non-hydrogen) atoms. The van der Waals surface area contributed by atoms with E-state index in [9.17, 15) is 4.79 Å². The van der Waals surface area contributed by atoms with E-state index in [0.29, 0.717) is 19.1 Å². The second-order valence-corrected chi connectivity index (χ2v) is 5.68. The zero-order chi connectivity index (χ0) is 14.3. The third-order valence-corrected chi connectivity index (χ3v) is 3.66. The van der Waals surface area contributed by atoms with Crippen molar-refractivity contribution in [2.45, 2.75) is 77.5 Å². The highest BCUT2D eigenvalue weighted by molar-refractivity contribution is 5.80. The van der Waals surface area contributed by atoms with E-state index in [2.05, 4.69) is 12.2 Å². The Balaban J connectivity index is 2.52. The smallest absolute Gasteiger partial charge is 0.326 e. The van der Waals surface area contributed by atoms with Crippen LogP contribution in [0.3, 0.4) is 0 Å². The molecular formula is C15H29NO3. The maximum atomic E-state index is 12.1. The van der Waals surface area contributed by atoms with Crippen molar-refractivity contribution in [2.24, 2.45) is 0 Å². The summed E-state index contributed by atoms with van der Waals surface area (Å²) in [5, 5.41) is 3.32. The number of hydrogen-bond acceptors (Lipinski definition) is 4. The van der Waals surface area contributed by atoms with Crippen LogP contribution in [-0.4, -0.2) is 36.9 Å². The number of nitrogens with one attached hydrogen (secondary N) is 1. The Labute approximate surface area is 117 Å². The van der Waals surface area contributed by atoms with E-state index in [4.69, 9.17) is 9.47 Å². The predicted molar refractivity (Wildman–Crippen MR) is 76.1 cm³/mol. The van der Waals surface area contributed by atoms with Gasteiger partial charge in [0.05, 0.1) is 18.8 Å². The maximum absolute atomic E-state index is 12.1. The molecule has 4 heteroatoms. The molecule has 1 rings (SSSR count). The molecule has 1 N–H and O–H groups in total. The third kappa shape index (κ3) is 5.11. The molecule has 0 aliphatic heterocycles. The molecule has 1 aliphatic rings. The van der Waals surface area contributed by atoms with Crippen molar-refractivity contribution in [2.75, 3.05) is 13.2 Å². The fourth-order valence-corrected chi connectivity index (χ4v) is 2.38. The summed E-state index contributed by atoms with van der Waals surface area (Å²) >= 11 is 0. The monoisotopic (exact) mass is 271 g/mol. The zero-order valence-corrected chi connectivity index (χ0v) is 12.8. The number of ether oxygens (including phenoxy) is 2. The van der Waals surface area contributed by atoms with Crippen LogP contribution in [-0.2, 0) is 14.3 Å². The summed E-state index contributed by atoms with van der Waals surface area (Å²) in [6.45, 7) is 9.12. The first-order chi connectivity index (χ1) is 9.01. The molecule has 0 amide bonds. The lowest BCUT2D eigenvalue weighted by Gasteiger charge is -2.34. The van der Waals surface area contributed by atoms with Crippen molar-refractivity contribution in [1.29, 1.82) is 0 Å². The SMILES string of the molecule is CCCNC(C)(CC(C)OC1CCC1)C(=O)OCC. The zero-order valence-electron chi connectivity index (χ0n) is 12.8. The van der Waals surface area contributed by atoms with Gasteiger partial charge in [-0.2, -0.15) is 0 Å². The molecule has 0 radical (unpaired) electrons. The van der Waals surface area contributed by atoms with Crippen LogP contribution in [0.2, 0.25) is 0 Å². The molecule has 0 bridgehead atoms. The number of carbonyl (C=O) groups excluding carboxylic acids is 1. The largest absolute Gasteiger partial charge is 0.465 e. The molecule has 0 aromatic carbocycles. The normalized spacial score (nSPS) is 20.4. The van der Waals surface area contributed by atoms with Crippen LogP contribution in [0.25, 0.3) is 0 Å². The molecule has 0 aromatic rings. The van der Waals surface area contributed by atoms with Crippen molar-refractivity contribution in [3.63, 3.8) is 0 Å². The molecule has 0 spiro atoms. The Morgan fingerprint density at radius 1 is 1.42 bits per heavy atom. The topological polar surface area (TPSA) is 47.6 Å². The van der Waals surface area contributed by atoms with E-state index in [1.54, 1.807) is 0 Å². The van der Waals surface area contributed by atoms with Gasteiger partial charge in [0.2, 0.25) is 0 Å². The Bertz CT molecular complexity index is 279. The van der Waals surface area contributed by atoms with E-state index in [-0.39, 0.29) is 12.1 Å². The van der Waals surface area contributed by atoms with Gasteiger partial charge in [-0.1, -0.05) is 6.92 Å². The first-order valence-corrected chi connectivity index (χ1v) is 7.59. The average molecular weight is 271 g/mol. The van der Waals surface area contributed by atoms with Gasteiger partial charge in [0, 0.05) is 6.42 Å². The Hall–Kier alpha value is -0.610. The van der Waals surface area contributed by atoms with Crippen molar-refractivity contribution in [3.05, 3.63) is 0 Å². The van der Waals surface area contributed by atoms with E-state index in [0.717, 1.165) is 25.8 Å². The lowest BCUT2D eigenvalue weighted by Crippen LogP contribution is -2.53. The van der Waals surface area contributed by atoms with Gasteiger partial charge in [-0.05, 0) is 53.0 Å². The standard InChI is InChI=1S/C15H29NO3/c1-5-10-16-15(4,14(17)18-6-2)11-12(3)19-13-8-7-9-13/h12-13,16H,5-11H2,1-4H3. The molecule has 0 aromatic heterocycles. The predicted octanol–water partition coefficient (Wildman–Crippen LogP) is 2.66. The van der Waals surface area contributed by atoms with Crippen LogP contribution in [0.5, 0.6) is 0 Å². The number of rotatable bonds is 9. The quantitative estimate of drug-likeness (QED) is 0.655. The maximum Gasteiger partial charge on any atom is 0.326 e. The summed E-state index contributed by atoms with van der Waals surface area (Å²) < 4.78 is 11.1. The molecule has 2 unspecified atom stereocenters. The van der Waals surface area contributed by atoms with Gasteiger partial charge in [-0.25, -0.2) is 0 Å². The van der Waals surface area contributed by atoms with Crippen molar-refractivity contribution in [3.8, 4) is 0 Å². The Kier molecular flexibility index (Phi) is 6.80. The highest BCUT2D eigenvalue weighted by Gasteiger charge is 2.36. The molecule has 0 saturated heterocycles. The second-order valence-electron chi connectivity index (χ2n) is 5.68. The van der Waals surface area contributed by atoms with Crippen LogP contribution < -0.4 is 5.32 Å². The molecule has 4 nitrogen and oxygen atoms in total. The number of carbonyl (C=O) groups is 1. The average Bonchev–Trinajstić information content (AvgIpc) is 2.31. The van der Waals surface area contributed by atoms with Gasteiger partial charge >= 0.3 is 5.97 Å². The minimum absolute atomic E-state index is 0.0732. The molecular weight excluding hydrogens is 242 g/mol. The molecule has 1 saturated carbocycles.